The zero-order valence-electron chi connectivity index (χ0n) is 15.1. The van der Waals surface area contributed by atoms with Crippen LogP contribution in [0.3, 0.4) is 0 Å². The number of benzene rings is 2. The summed E-state index contributed by atoms with van der Waals surface area (Å²) in [5.74, 6) is 0. The van der Waals surface area contributed by atoms with E-state index < -0.39 is 30.6 Å². The summed E-state index contributed by atoms with van der Waals surface area (Å²) in [5.41, 5.74) is 10.9. The van der Waals surface area contributed by atoms with Crippen molar-refractivity contribution in [3.05, 3.63) is 82.2 Å². The van der Waals surface area contributed by atoms with E-state index in [4.69, 9.17) is 19.7 Å². The first-order chi connectivity index (χ1) is 13.2. The van der Waals surface area contributed by atoms with E-state index in [1.165, 1.54) is 0 Å². The maximum absolute atomic E-state index is 10.2. The molecule has 5 atom stereocenters. The summed E-state index contributed by atoms with van der Waals surface area (Å²) in [6, 6.07) is 18.5. The van der Waals surface area contributed by atoms with Crippen molar-refractivity contribution < 1.29 is 19.3 Å². The molecule has 2 aromatic rings. The molecule has 0 radical (unpaired) electrons. The van der Waals surface area contributed by atoms with Crippen LogP contribution in [0, 0.1) is 0 Å². The van der Waals surface area contributed by atoms with Crippen LogP contribution in [0.15, 0.2) is 65.8 Å². The Bertz CT molecular complexity index is 752. The monoisotopic (exact) mass is 369 g/mol. The van der Waals surface area contributed by atoms with Crippen LogP contribution in [0.25, 0.3) is 10.4 Å². The minimum absolute atomic E-state index is 0.313. The van der Waals surface area contributed by atoms with Crippen molar-refractivity contribution in [2.75, 3.05) is 0 Å². The van der Waals surface area contributed by atoms with E-state index in [0.717, 1.165) is 11.1 Å². The second kappa shape index (κ2) is 9.50. The van der Waals surface area contributed by atoms with Gasteiger partial charge in [-0.1, -0.05) is 65.8 Å². The van der Waals surface area contributed by atoms with Gasteiger partial charge in [-0.05, 0) is 23.6 Å². The predicted octanol–water partition coefficient (Wildman–Crippen LogP) is 3.57. The van der Waals surface area contributed by atoms with Gasteiger partial charge in [0.15, 0.2) is 6.29 Å². The van der Waals surface area contributed by atoms with Crippen molar-refractivity contribution in [3.8, 4) is 0 Å². The van der Waals surface area contributed by atoms with Gasteiger partial charge in [0.05, 0.1) is 19.3 Å². The topological polar surface area (TPSA) is 96.7 Å². The highest BCUT2D eigenvalue weighted by molar-refractivity contribution is 5.14. The van der Waals surface area contributed by atoms with Crippen molar-refractivity contribution >= 4 is 0 Å². The second-order valence-electron chi connectivity index (χ2n) is 6.45. The molecule has 3 rings (SSSR count). The van der Waals surface area contributed by atoms with Gasteiger partial charge >= 0.3 is 0 Å². The van der Waals surface area contributed by atoms with Crippen LogP contribution in [0.5, 0.6) is 0 Å². The van der Waals surface area contributed by atoms with Crippen LogP contribution in [-0.2, 0) is 27.4 Å². The average molecular weight is 369 g/mol. The number of aliphatic hydroxyl groups is 1. The lowest BCUT2D eigenvalue weighted by atomic mass is 9.97. The van der Waals surface area contributed by atoms with Gasteiger partial charge in [0.2, 0.25) is 0 Å². The zero-order chi connectivity index (χ0) is 19.1. The molecule has 1 aliphatic rings. The first kappa shape index (κ1) is 19.4. The SMILES string of the molecule is C[C@H]1OC(O)[C@H](N=[N+]=[N-])[C@@H](OCc2ccccc2)[C@@H]1OCc1ccccc1. The molecule has 7 nitrogen and oxygen atoms in total. The Morgan fingerprint density at radius 3 is 2.00 bits per heavy atom. The molecule has 1 unspecified atom stereocenters. The number of ether oxygens (including phenoxy) is 3. The molecule has 1 N–H and O–H groups in total. The van der Waals surface area contributed by atoms with Gasteiger partial charge in [0.1, 0.15) is 18.2 Å². The Kier molecular flexibility index (Phi) is 6.81. The minimum Gasteiger partial charge on any atom is -0.370 e. The summed E-state index contributed by atoms with van der Waals surface area (Å²) >= 11 is 0. The highest BCUT2D eigenvalue weighted by Gasteiger charge is 2.45. The maximum Gasteiger partial charge on any atom is 0.166 e. The average Bonchev–Trinajstić information content (AvgIpc) is 2.69. The van der Waals surface area contributed by atoms with Gasteiger partial charge in [-0.25, -0.2) is 0 Å². The molecule has 1 fully saturated rings. The Labute approximate surface area is 158 Å². The zero-order valence-corrected chi connectivity index (χ0v) is 15.1. The van der Waals surface area contributed by atoms with E-state index in [0.29, 0.717) is 13.2 Å². The molecule has 2 aromatic carbocycles. The molecule has 0 aromatic heterocycles. The standard InChI is InChI=1S/C20H23N3O4/c1-14-18(25-12-15-8-4-2-5-9-15)19(17(22-23-21)20(24)27-14)26-13-16-10-6-3-7-11-16/h2-11,14,17-20,24H,12-13H2,1H3/t14-,17-,18-,19-,20?/m1/s1. The van der Waals surface area contributed by atoms with Crippen molar-refractivity contribution in [2.24, 2.45) is 5.11 Å². The largest absolute Gasteiger partial charge is 0.370 e. The molecule has 142 valence electrons. The Hall–Kier alpha value is -2.41. The van der Waals surface area contributed by atoms with Crippen LogP contribution < -0.4 is 0 Å². The van der Waals surface area contributed by atoms with Crippen LogP contribution in [-0.4, -0.2) is 35.8 Å². The molecular formula is C20H23N3O4. The van der Waals surface area contributed by atoms with Gasteiger partial charge in [-0.15, -0.1) is 0 Å². The molecule has 0 bridgehead atoms. The molecule has 0 saturated carbocycles. The van der Waals surface area contributed by atoms with Crippen molar-refractivity contribution in [1.29, 1.82) is 0 Å². The molecular weight excluding hydrogens is 346 g/mol. The summed E-state index contributed by atoms with van der Waals surface area (Å²) in [4.78, 5) is 2.84. The quantitative estimate of drug-likeness (QED) is 0.458. The lowest BCUT2D eigenvalue weighted by Crippen LogP contribution is -2.57. The van der Waals surface area contributed by atoms with Gasteiger partial charge in [0, 0.05) is 4.91 Å². The van der Waals surface area contributed by atoms with Gasteiger partial charge in [0.25, 0.3) is 0 Å². The van der Waals surface area contributed by atoms with Crippen molar-refractivity contribution in [3.63, 3.8) is 0 Å². The number of hydrogen-bond donors (Lipinski definition) is 1. The molecule has 1 saturated heterocycles. The molecule has 27 heavy (non-hydrogen) atoms. The summed E-state index contributed by atoms with van der Waals surface area (Å²) < 4.78 is 17.6. The smallest absolute Gasteiger partial charge is 0.166 e. The summed E-state index contributed by atoms with van der Waals surface area (Å²) in [6.07, 6.45) is -2.79. The van der Waals surface area contributed by atoms with Gasteiger partial charge in [-0.3, -0.25) is 0 Å². The van der Waals surface area contributed by atoms with E-state index in [2.05, 4.69) is 10.0 Å². The fraction of sp³-hybridized carbons (Fsp3) is 0.400. The van der Waals surface area contributed by atoms with Crippen LogP contribution >= 0.6 is 0 Å². The van der Waals surface area contributed by atoms with Crippen molar-refractivity contribution in [2.45, 2.75) is 50.8 Å². The van der Waals surface area contributed by atoms with E-state index in [1.807, 2.05) is 67.6 Å². The third kappa shape index (κ3) is 5.07. The number of azide groups is 1. The van der Waals surface area contributed by atoms with Gasteiger partial charge < -0.3 is 19.3 Å². The molecule has 1 aliphatic heterocycles. The second-order valence-corrected chi connectivity index (χ2v) is 6.45. The number of aliphatic hydroxyl groups excluding tert-OH is 1. The predicted molar refractivity (Wildman–Crippen MR) is 99.5 cm³/mol. The number of nitrogens with zero attached hydrogens (tertiary/aromatic N) is 3. The fourth-order valence-electron chi connectivity index (χ4n) is 3.14. The minimum atomic E-state index is -1.24. The Morgan fingerprint density at radius 1 is 0.963 bits per heavy atom. The van der Waals surface area contributed by atoms with E-state index >= 15 is 0 Å². The first-order valence-electron chi connectivity index (χ1n) is 8.88. The third-order valence-corrected chi connectivity index (χ3v) is 4.52. The lowest BCUT2D eigenvalue weighted by molar-refractivity contribution is -0.260. The summed E-state index contributed by atoms with van der Waals surface area (Å²) in [6.45, 7) is 2.49. The van der Waals surface area contributed by atoms with E-state index in [9.17, 15) is 5.11 Å². The molecule has 0 amide bonds. The Morgan fingerprint density at radius 2 is 1.48 bits per heavy atom. The third-order valence-electron chi connectivity index (χ3n) is 4.52. The van der Waals surface area contributed by atoms with E-state index in [-0.39, 0.29) is 0 Å². The highest BCUT2D eigenvalue weighted by atomic mass is 16.6. The maximum atomic E-state index is 10.2. The normalized spacial score (nSPS) is 27.7. The van der Waals surface area contributed by atoms with Crippen LogP contribution in [0.2, 0.25) is 0 Å². The molecule has 1 heterocycles. The highest BCUT2D eigenvalue weighted by Crippen LogP contribution is 2.28. The van der Waals surface area contributed by atoms with Gasteiger partial charge in [-0.2, -0.15) is 0 Å². The fourth-order valence-corrected chi connectivity index (χ4v) is 3.14. The summed E-state index contributed by atoms with van der Waals surface area (Å²) in [7, 11) is 0. The molecule has 0 aliphatic carbocycles. The van der Waals surface area contributed by atoms with Crippen LogP contribution in [0.1, 0.15) is 18.1 Å². The Balaban J connectivity index is 1.76. The molecule has 0 spiro atoms. The number of hydrogen-bond acceptors (Lipinski definition) is 5. The first-order valence-corrected chi connectivity index (χ1v) is 8.88. The number of rotatable bonds is 7. The van der Waals surface area contributed by atoms with Crippen molar-refractivity contribution in [1.82, 2.24) is 0 Å². The van der Waals surface area contributed by atoms with E-state index in [1.54, 1.807) is 0 Å². The summed E-state index contributed by atoms with van der Waals surface area (Å²) in [5, 5.41) is 13.9. The lowest BCUT2D eigenvalue weighted by Gasteiger charge is -2.42. The van der Waals surface area contributed by atoms with Crippen LogP contribution in [0.4, 0.5) is 0 Å². The molecule has 7 heteroatoms.